The Labute approximate surface area is 126 Å². The molecule has 1 atom stereocenters. The molecule has 0 saturated heterocycles. The van der Waals surface area contributed by atoms with Gasteiger partial charge < -0.3 is 14.8 Å². The molecule has 1 aromatic carbocycles. The highest BCUT2D eigenvalue weighted by molar-refractivity contribution is 5.97. The number of fused-ring (bicyclic) bond motifs is 1. The zero-order chi connectivity index (χ0) is 17.4. The number of aromatic amines is 1. The van der Waals surface area contributed by atoms with Gasteiger partial charge in [-0.05, 0) is 13.0 Å². The van der Waals surface area contributed by atoms with Gasteiger partial charge in [0.2, 0.25) is 0 Å². The van der Waals surface area contributed by atoms with E-state index in [2.05, 4.69) is 9.72 Å². The zero-order valence-corrected chi connectivity index (χ0v) is 11.7. The number of alkyl halides is 3. The maximum Gasteiger partial charge on any atom is 0.432 e. The number of nitrogens with one attached hydrogen (secondary N) is 1. The van der Waals surface area contributed by atoms with Crippen molar-refractivity contribution in [1.29, 1.82) is 0 Å². The number of esters is 1. The number of rotatable bonds is 4. The number of nitro benzene ring substituents is 1. The molecule has 7 nitrogen and oxygen atoms in total. The van der Waals surface area contributed by atoms with Gasteiger partial charge in [-0.1, -0.05) is 6.07 Å². The second kappa shape index (κ2) is 5.54. The maximum absolute atomic E-state index is 13.4. The van der Waals surface area contributed by atoms with E-state index in [0.717, 1.165) is 6.07 Å². The first-order chi connectivity index (χ1) is 10.6. The Hall–Kier alpha value is -2.62. The lowest BCUT2D eigenvalue weighted by atomic mass is 9.92. The first kappa shape index (κ1) is 16.7. The molecule has 2 N–H and O–H groups in total. The number of H-pyrrole nitrogens is 1. The lowest BCUT2D eigenvalue weighted by Crippen LogP contribution is -2.50. The van der Waals surface area contributed by atoms with E-state index in [1.54, 1.807) is 0 Å². The third-order valence-electron chi connectivity index (χ3n) is 3.25. The Bertz CT molecular complexity index is 771. The smallest absolute Gasteiger partial charge is 0.432 e. The molecule has 0 aliphatic heterocycles. The van der Waals surface area contributed by atoms with Crippen LogP contribution in [-0.2, 0) is 15.1 Å². The van der Waals surface area contributed by atoms with Crippen LogP contribution in [0.2, 0.25) is 0 Å². The molecule has 0 aliphatic rings. The van der Waals surface area contributed by atoms with Crippen LogP contribution in [0.4, 0.5) is 18.9 Å². The highest BCUT2D eigenvalue weighted by Crippen LogP contribution is 2.44. The molecule has 0 aliphatic carbocycles. The summed E-state index contributed by atoms with van der Waals surface area (Å²) in [4.78, 5) is 24.3. The van der Waals surface area contributed by atoms with Crippen molar-refractivity contribution in [3.63, 3.8) is 0 Å². The molecule has 0 amide bonds. The second-order valence-corrected chi connectivity index (χ2v) is 4.59. The van der Waals surface area contributed by atoms with Gasteiger partial charge >= 0.3 is 12.1 Å². The molecule has 0 bridgehead atoms. The monoisotopic (exact) mass is 332 g/mol. The lowest BCUT2D eigenvalue weighted by molar-refractivity contribution is -0.383. The van der Waals surface area contributed by atoms with Crippen molar-refractivity contribution in [3.8, 4) is 0 Å². The van der Waals surface area contributed by atoms with Crippen molar-refractivity contribution in [1.82, 2.24) is 4.98 Å². The molecular weight excluding hydrogens is 321 g/mol. The molecular formula is C13H11F3N2O5. The Morgan fingerprint density at radius 2 is 2.09 bits per heavy atom. The number of carbonyl (C=O) groups is 1. The van der Waals surface area contributed by atoms with Crippen LogP contribution in [0.25, 0.3) is 10.9 Å². The molecule has 0 radical (unpaired) electrons. The number of carbonyl (C=O) groups excluding carboxylic acids is 1. The average Bonchev–Trinajstić information content (AvgIpc) is 2.89. The fraction of sp³-hybridized carbons (Fsp3) is 0.308. The number of halogens is 3. The first-order valence-corrected chi connectivity index (χ1v) is 6.35. The molecule has 23 heavy (non-hydrogen) atoms. The van der Waals surface area contributed by atoms with E-state index in [1.807, 2.05) is 0 Å². The summed E-state index contributed by atoms with van der Waals surface area (Å²) in [5.41, 5.74) is -5.70. The summed E-state index contributed by atoms with van der Waals surface area (Å²) in [6.07, 6.45) is -4.72. The fourth-order valence-corrected chi connectivity index (χ4v) is 2.22. The molecule has 0 saturated carbocycles. The van der Waals surface area contributed by atoms with Gasteiger partial charge in [-0.25, -0.2) is 4.79 Å². The predicted octanol–water partition coefficient (Wildman–Crippen LogP) is 2.39. The van der Waals surface area contributed by atoms with Gasteiger partial charge in [0.05, 0.1) is 22.4 Å². The molecule has 2 aromatic rings. The van der Waals surface area contributed by atoms with Gasteiger partial charge in [0.1, 0.15) is 0 Å². The van der Waals surface area contributed by atoms with E-state index in [0.29, 0.717) is 6.20 Å². The highest BCUT2D eigenvalue weighted by atomic mass is 19.4. The standard InChI is InChI=1S/C13H11F3N2O5/c1-2-23-11(19)12(20,13(14,15)16)7-6-17-8-4-3-5-9(10(7)8)18(21)22/h3-6,17,20H,2H2,1H3/t12-/m1/s1. The number of hydrogen-bond donors (Lipinski definition) is 2. The van der Waals surface area contributed by atoms with E-state index in [1.165, 1.54) is 19.1 Å². The molecule has 2 rings (SSSR count). The zero-order valence-electron chi connectivity index (χ0n) is 11.7. The molecule has 0 spiro atoms. The van der Waals surface area contributed by atoms with Crippen molar-refractivity contribution < 1.29 is 32.7 Å². The van der Waals surface area contributed by atoms with E-state index in [9.17, 15) is 33.2 Å². The Balaban J connectivity index is 2.82. The summed E-state index contributed by atoms with van der Waals surface area (Å²) in [5, 5.41) is 20.6. The largest absolute Gasteiger partial charge is 0.463 e. The van der Waals surface area contributed by atoms with Crippen LogP contribution < -0.4 is 0 Å². The number of aromatic nitrogens is 1. The van der Waals surface area contributed by atoms with Gasteiger partial charge in [0, 0.05) is 17.8 Å². The van der Waals surface area contributed by atoms with Gasteiger partial charge in [0.25, 0.3) is 11.3 Å². The van der Waals surface area contributed by atoms with Gasteiger partial charge in [-0.2, -0.15) is 13.2 Å². The number of nitro groups is 1. The molecule has 0 unspecified atom stereocenters. The number of aliphatic hydroxyl groups is 1. The van der Waals surface area contributed by atoms with Gasteiger partial charge in [-0.15, -0.1) is 0 Å². The molecule has 1 aromatic heterocycles. The van der Waals surface area contributed by atoms with Crippen LogP contribution in [0.3, 0.4) is 0 Å². The first-order valence-electron chi connectivity index (χ1n) is 6.35. The Morgan fingerprint density at radius 3 is 2.61 bits per heavy atom. The van der Waals surface area contributed by atoms with E-state index < -0.39 is 45.9 Å². The summed E-state index contributed by atoms with van der Waals surface area (Å²) in [5.74, 6) is -1.95. The minimum Gasteiger partial charge on any atom is -0.463 e. The van der Waals surface area contributed by atoms with Crippen LogP contribution in [0.1, 0.15) is 12.5 Å². The summed E-state index contributed by atoms with van der Waals surface area (Å²) in [6.45, 7) is 0.869. The lowest BCUT2D eigenvalue weighted by Gasteiger charge is -2.27. The topological polar surface area (TPSA) is 105 Å². The highest BCUT2D eigenvalue weighted by Gasteiger charge is 2.63. The molecule has 10 heteroatoms. The summed E-state index contributed by atoms with van der Waals surface area (Å²) < 4.78 is 44.4. The van der Waals surface area contributed by atoms with Gasteiger partial charge in [-0.3, -0.25) is 10.1 Å². The minimum atomic E-state index is -5.43. The van der Waals surface area contributed by atoms with Gasteiger partial charge in [0.15, 0.2) is 0 Å². The summed E-state index contributed by atoms with van der Waals surface area (Å²) in [7, 11) is 0. The third kappa shape index (κ3) is 2.50. The van der Waals surface area contributed by atoms with E-state index in [-0.39, 0.29) is 5.52 Å². The Kier molecular flexibility index (Phi) is 4.03. The van der Waals surface area contributed by atoms with Crippen LogP contribution in [0.5, 0.6) is 0 Å². The number of non-ortho nitro benzene ring substituents is 1. The minimum absolute atomic E-state index is 0.0267. The van der Waals surface area contributed by atoms with Crippen molar-refractivity contribution in [3.05, 3.63) is 40.1 Å². The fourth-order valence-electron chi connectivity index (χ4n) is 2.22. The average molecular weight is 332 g/mol. The van der Waals surface area contributed by atoms with Crippen molar-refractivity contribution in [2.24, 2.45) is 0 Å². The van der Waals surface area contributed by atoms with Crippen LogP contribution >= 0.6 is 0 Å². The normalized spacial score (nSPS) is 14.5. The van der Waals surface area contributed by atoms with E-state index in [4.69, 9.17) is 0 Å². The van der Waals surface area contributed by atoms with Crippen molar-refractivity contribution >= 4 is 22.6 Å². The van der Waals surface area contributed by atoms with Crippen molar-refractivity contribution in [2.45, 2.75) is 18.7 Å². The second-order valence-electron chi connectivity index (χ2n) is 4.59. The quantitative estimate of drug-likeness (QED) is 0.508. The predicted molar refractivity (Wildman–Crippen MR) is 71.5 cm³/mol. The maximum atomic E-state index is 13.4. The molecule has 0 fully saturated rings. The van der Waals surface area contributed by atoms with Crippen LogP contribution in [0.15, 0.2) is 24.4 Å². The van der Waals surface area contributed by atoms with E-state index >= 15 is 0 Å². The SMILES string of the molecule is CCOC(=O)[C@](O)(c1c[nH]c2cccc([N+](=O)[O-])c12)C(F)(F)F. The summed E-state index contributed by atoms with van der Waals surface area (Å²) >= 11 is 0. The molecule has 1 heterocycles. The number of hydrogen-bond acceptors (Lipinski definition) is 5. The number of nitrogens with zero attached hydrogens (tertiary/aromatic N) is 1. The summed E-state index contributed by atoms with van der Waals surface area (Å²) in [6, 6.07) is 3.52. The van der Waals surface area contributed by atoms with Crippen LogP contribution in [-0.4, -0.2) is 33.8 Å². The Morgan fingerprint density at radius 1 is 1.43 bits per heavy atom. The molecule has 124 valence electrons. The third-order valence-corrected chi connectivity index (χ3v) is 3.25. The van der Waals surface area contributed by atoms with Crippen LogP contribution in [0, 0.1) is 10.1 Å². The number of ether oxygens (including phenoxy) is 1. The number of benzene rings is 1. The van der Waals surface area contributed by atoms with Crippen molar-refractivity contribution in [2.75, 3.05) is 6.61 Å².